The van der Waals surface area contributed by atoms with Crippen LogP contribution in [0.25, 0.3) is 0 Å². The van der Waals surface area contributed by atoms with Gasteiger partial charge in [-0.05, 0) is 84.0 Å². The SMILES string of the molecule is CN=C(NCCc1ccc(NC(=O)OC(C)(C)C)cc1)NCC1CCCN(C(C)C)C1.I. The average molecular weight is 560 g/mol. The maximum Gasteiger partial charge on any atom is 0.412 e. The number of aliphatic imine (C=N–C) groups is 1. The van der Waals surface area contributed by atoms with Gasteiger partial charge in [-0.2, -0.15) is 0 Å². The number of anilines is 1. The minimum atomic E-state index is -0.507. The number of nitrogens with one attached hydrogen (secondary N) is 3. The van der Waals surface area contributed by atoms with Gasteiger partial charge in [0.2, 0.25) is 0 Å². The highest BCUT2D eigenvalue weighted by molar-refractivity contribution is 14.0. The van der Waals surface area contributed by atoms with Crippen LogP contribution >= 0.6 is 24.0 Å². The number of piperidine rings is 1. The minimum absolute atomic E-state index is 0. The Bertz CT molecular complexity index is 716. The number of rotatable bonds is 7. The number of amides is 1. The molecule has 0 radical (unpaired) electrons. The summed E-state index contributed by atoms with van der Waals surface area (Å²) in [5.74, 6) is 1.52. The summed E-state index contributed by atoms with van der Waals surface area (Å²) in [4.78, 5) is 18.8. The van der Waals surface area contributed by atoms with E-state index in [-0.39, 0.29) is 24.0 Å². The number of benzene rings is 1. The van der Waals surface area contributed by atoms with Crippen molar-refractivity contribution in [2.75, 3.05) is 38.5 Å². The number of guanidine groups is 1. The largest absolute Gasteiger partial charge is 0.444 e. The van der Waals surface area contributed by atoms with Crippen molar-refractivity contribution >= 4 is 41.7 Å². The number of likely N-dealkylation sites (tertiary alicyclic amines) is 1. The van der Waals surface area contributed by atoms with Crippen LogP contribution in [0.4, 0.5) is 10.5 Å². The van der Waals surface area contributed by atoms with Gasteiger partial charge in [0.1, 0.15) is 5.60 Å². The number of hydrogen-bond donors (Lipinski definition) is 3. The molecule has 0 aliphatic carbocycles. The van der Waals surface area contributed by atoms with E-state index in [4.69, 9.17) is 4.74 Å². The predicted molar refractivity (Wildman–Crippen MR) is 144 cm³/mol. The molecule has 0 bridgehead atoms. The number of hydrogen-bond acceptors (Lipinski definition) is 4. The number of halogens is 1. The van der Waals surface area contributed by atoms with E-state index >= 15 is 0 Å². The van der Waals surface area contributed by atoms with Crippen LogP contribution in [0.5, 0.6) is 0 Å². The van der Waals surface area contributed by atoms with E-state index < -0.39 is 11.7 Å². The fourth-order valence-electron chi connectivity index (χ4n) is 3.70. The predicted octanol–water partition coefficient (Wildman–Crippen LogP) is 4.48. The molecule has 0 aromatic heterocycles. The highest BCUT2D eigenvalue weighted by atomic mass is 127. The third-order valence-electron chi connectivity index (χ3n) is 5.37. The van der Waals surface area contributed by atoms with E-state index in [1.807, 2.05) is 52.1 Å². The van der Waals surface area contributed by atoms with E-state index in [0.717, 1.165) is 37.7 Å². The van der Waals surface area contributed by atoms with E-state index in [1.54, 1.807) is 0 Å². The molecule has 1 aromatic rings. The molecule has 1 heterocycles. The van der Waals surface area contributed by atoms with Gasteiger partial charge in [0.25, 0.3) is 0 Å². The van der Waals surface area contributed by atoms with Crippen LogP contribution < -0.4 is 16.0 Å². The number of carbonyl (C=O) groups is 1. The van der Waals surface area contributed by atoms with Crippen molar-refractivity contribution in [1.29, 1.82) is 0 Å². The third kappa shape index (κ3) is 10.8. The maximum absolute atomic E-state index is 11.9. The zero-order valence-electron chi connectivity index (χ0n) is 20.5. The van der Waals surface area contributed by atoms with Crippen LogP contribution in [0.1, 0.15) is 53.0 Å². The van der Waals surface area contributed by atoms with Gasteiger partial charge in [-0.3, -0.25) is 10.3 Å². The number of ether oxygens (including phenoxy) is 1. The Balaban J connectivity index is 0.00000512. The van der Waals surface area contributed by atoms with Gasteiger partial charge in [0.05, 0.1) is 0 Å². The first kappa shape index (κ1) is 28.5. The van der Waals surface area contributed by atoms with Crippen molar-refractivity contribution < 1.29 is 9.53 Å². The summed E-state index contributed by atoms with van der Waals surface area (Å²) in [5.41, 5.74) is 1.41. The summed E-state index contributed by atoms with van der Waals surface area (Å²) in [5, 5.41) is 9.64. The summed E-state index contributed by atoms with van der Waals surface area (Å²) >= 11 is 0. The molecule has 1 saturated heterocycles. The quantitative estimate of drug-likeness (QED) is 0.261. The Labute approximate surface area is 211 Å². The molecule has 182 valence electrons. The van der Waals surface area contributed by atoms with Crippen LogP contribution in [-0.4, -0.2) is 61.8 Å². The average Bonchev–Trinajstić information content (AvgIpc) is 2.70. The van der Waals surface area contributed by atoms with Crippen molar-refractivity contribution in [3.63, 3.8) is 0 Å². The van der Waals surface area contributed by atoms with Gasteiger partial charge in [0, 0.05) is 38.4 Å². The second-order valence-electron chi connectivity index (χ2n) is 9.55. The zero-order chi connectivity index (χ0) is 22.9. The monoisotopic (exact) mass is 559 g/mol. The molecule has 1 aliphatic heterocycles. The lowest BCUT2D eigenvalue weighted by atomic mass is 9.97. The maximum atomic E-state index is 11.9. The molecule has 0 spiro atoms. The molecule has 1 fully saturated rings. The normalized spacial score (nSPS) is 17.5. The highest BCUT2D eigenvalue weighted by Crippen LogP contribution is 2.17. The molecule has 1 amide bonds. The summed E-state index contributed by atoms with van der Waals surface area (Å²) in [6.07, 6.45) is 2.98. The molecule has 1 unspecified atom stereocenters. The fraction of sp³-hybridized carbons (Fsp3) is 0.667. The lowest BCUT2D eigenvalue weighted by molar-refractivity contribution is 0.0636. The molecule has 7 nitrogen and oxygen atoms in total. The Morgan fingerprint density at radius 2 is 1.91 bits per heavy atom. The van der Waals surface area contributed by atoms with E-state index in [2.05, 4.69) is 39.7 Å². The molecule has 32 heavy (non-hydrogen) atoms. The summed E-state index contributed by atoms with van der Waals surface area (Å²) < 4.78 is 5.28. The zero-order valence-corrected chi connectivity index (χ0v) is 22.9. The van der Waals surface area contributed by atoms with Crippen LogP contribution in [0, 0.1) is 5.92 Å². The Morgan fingerprint density at radius 1 is 1.22 bits per heavy atom. The topological polar surface area (TPSA) is 78.0 Å². The highest BCUT2D eigenvalue weighted by Gasteiger charge is 2.21. The van der Waals surface area contributed by atoms with Gasteiger partial charge in [-0.25, -0.2) is 4.79 Å². The van der Waals surface area contributed by atoms with Gasteiger partial charge in [0.15, 0.2) is 5.96 Å². The molecule has 1 aromatic carbocycles. The molecular formula is C24H42IN5O2. The van der Waals surface area contributed by atoms with Crippen molar-refractivity contribution in [3.05, 3.63) is 29.8 Å². The molecule has 1 aliphatic rings. The molecule has 0 saturated carbocycles. The van der Waals surface area contributed by atoms with Gasteiger partial charge < -0.3 is 20.3 Å². The third-order valence-corrected chi connectivity index (χ3v) is 5.37. The first-order valence-electron chi connectivity index (χ1n) is 11.4. The van der Waals surface area contributed by atoms with Crippen molar-refractivity contribution in [1.82, 2.24) is 15.5 Å². The molecule has 8 heteroatoms. The first-order valence-corrected chi connectivity index (χ1v) is 11.4. The van der Waals surface area contributed by atoms with Crippen molar-refractivity contribution in [2.45, 2.75) is 65.5 Å². The lowest BCUT2D eigenvalue weighted by Crippen LogP contribution is -2.46. The minimum Gasteiger partial charge on any atom is -0.444 e. The Kier molecular flexibility index (Phi) is 12.3. The van der Waals surface area contributed by atoms with Gasteiger partial charge in [-0.1, -0.05) is 12.1 Å². The van der Waals surface area contributed by atoms with Gasteiger partial charge >= 0.3 is 6.09 Å². The molecular weight excluding hydrogens is 517 g/mol. The number of nitrogens with zero attached hydrogens (tertiary/aromatic N) is 2. The van der Waals surface area contributed by atoms with E-state index in [9.17, 15) is 4.79 Å². The number of carbonyl (C=O) groups excluding carboxylic acids is 1. The summed E-state index contributed by atoms with van der Waals surface area (Å²) in [6.45, 7) is 14.2. The van der Waals surface area contributed by atoms with Crippen molar-refractivity contribution in [2.24, 2.45) is 10.9 Å². The Hall–Kier alpha value is -1.55. The van der Waals surface area contributed by atoms with Crippen LogP contribution in [0.15, 0.2) is 29.3 Å². The summed E-state index contributed by atoms with van der Waals surface area (Å²) in [7, 11) is 1.81. The fourth-order valence-corrected chi connectivity index (χ4v) is 3.70. The standard InChI is InChI=1S/C24H41N5O2.HI/c1-18(2)29-15-7-8-20(17-29)16-27-22(25-6)26-14-13-19-9-11-21(12-10-19)28-23(30)31-24(3,4)5;/h9-12,18,20H,7-8,13-17H2,1-6H3,(H,28,30)(H2,25,26,27);1H. The summed E-state index contributed by atoms with van der Waals surface area (Å²) in [6, 6.07) is 8.46. The smallest absolute Gasteiger partial charge is 0.412 e. The van der Waals surface area contributed by atoms with Crippen LogP contribution in [0.3, 0.4) is 0 Å². The second kappa shape index (κ2) is 13.9. The van der Waals surface area contributed by atoms with Crippen molar-refractivity contribution in [3.8, 4) is 0 Å². The second-order valence-corrected chi connectivity index (χ2v) is 9.55. The van der Waals surface area contributed by atoms with E-state index in [1.165, 1.54) is 24.9 Å². The Morgan fingerprint density at radius 3 is 2.50 bits per heavy atom. The molecule has 2 rings (SSSR count). The van der Waals surface area contributed by atoms with E-state index in [0.29, 0.717) is 12.0 Å². The molecule has 1 atom stereocenters. The first-order chi connectivity index (χ1) is 14.7. The van der Waals surface area contributed by atoms with Crippen LogP contribution in [-0.2, 0) is 11.2 Å². The van der Waals surface area contributed by atoms with Crippen LogP contribution in [0.2, 0.25) is 0 Å². The lowest BCUT2D eigenvalue weighted by Gasteiger charge is -2.35. The van der Waals surface area contributed by atoms with Gasteiger partial charge in [-0.15, -0.1) is 24.0 Å². The molecule has 3 N–H and O–H groups in total.